The monoisotopic (exact) mass is 381 g/mol. The average Bonchev–Trinajstić information content (AvgIpc) is 2.89. The summed E-state index contributed by atoms with van der Waals surface area (Å²) in [7, 11) is 0. The van der Waals surface area contributed by atoms with Gasteiger partial charge < -0.3 is 10.4 Å². The van der Waals surface area contributed by atoms with E-state index in [1.807, 2.05) is 0 Å². The minimum Gasteiger partial charge on any atom is -0.478 e. The zero-order chi connectivity index (χ0) is 19.7. The molecule has 0 bridgehead atoms. The molecule has 2 rings (SSSR count). The molecule has 2 N–H and O–H groups in total. The Balaban J connectivity index is 2.29. The van der Waals surface area contributed by atoms with E-state index in [-0.39, 0.29) is 12.1 Å². The predicted molar refractivity (Wildman–Crippen MR) is 74.4 cm³/mol. The van der Waals surface area contributed by atoms with Crippen molar-refractivity contribution in [1.82, 2.24) is 9.78 Å². The molecular formula is C14H9F6N3O3. The van der Waals surface area contributed by atoms with Crippen LogP contribution in [0.15, 0.2) is 30.5 Å². The molecule has 0 aliphatic heterocycles. The highest BCUT2D eigenvalue weighted by Gasteiger charge is 2.42. The molecule has 1 amide bonds. The van der Waals surface area contributed by atoms with Crippen molar-refractivity contribution < 1.29 is 41.0 Å². The van der Waals surface area contributed by atoms with Gasteiger partial charge in [0, 0.05) is 6.20 Å². The fourth-order valence-electron chi connectivity index (χ4n) is 1.94. The molecule has 0 aliphatic carbocycles. The van der Waals surface area contributed by atoms with Crippen molar-refractivity contribution in [2.24, 2.45) is 0 Å². The Labute approximate surface area is 141 Å². The van der Waals surface area contributed by atoms with Crippen LogP contribution in [0.4, 0.5) is 32.0 Å². The molecule has 1 aromatic heterocycles. The van der Waals surface area contributed by atoms with E-state index in [9.17, 15) is 35.9 Å². The van der Waals surface area contributed by atoms with Crippen molar-refractivity contribution in [3.05, 3.63) is 47.3 Å². The molecule has 140 valence electrons. The SMILES string of the molecule is O=C(O)c1ccc(Cn2cc(NC(=O)C(F)(F)F)c(C(F)(F)F)n2)cc1. The molecule has 2 aromatic rings. The first-order chi connectivity index (χ1) is 11.9. The summed E-state index contributed by atoms with van der Waals surface area (Å²) in [5, 5.41) is 13.1. The number of hydrogen-bond donors (Lipinski definition) is 2. The zero-order valence-corrected chi connectivity index (χ0v) is 12.5. The van der Waals surface area contributed by atoms with Gasteiger partial charge in [0.1, 0.15) is 0 Å². The third kappa shape index (κ3) is 4.52. The van der Waals surface area contributed by atoms with Crippen molar-refractivity contribution in [1.29, 1.82) is 0 Å². The number of halogens is 6. The number of carboxylic acid groups (broad SMARTS) is 1. The van der Waals surface area contributed by atoms with E-state index >= 15 is 0 Å². The van der Waals surface area contributed by atoms with Gasteiger partial charge in [0.15, 0.2) is 5.69 Å². The van der Waals surface area contributed by atoms with Gasteiger partial charge in [-0.25, -0.2) is 4.79 Å². The summed E-state index contributed by atoms with van der Waals surface area (Å²) in [4.78, 5) is 21.6. The third-order valence-corrected chi connectivity index (χ3v) is 3.08. The number of anilines is 1. The Hall–Kier alpha value is -3.05. The first-order valence-electron chi connectivity index (χ1n) is 6.73. The van der Waals surface area contributed by atoms with Crippen LogP contribution in [0.3, 0.4) is 0 Å². The minimum absolute atomic E-state index is 0.0525. The van der Waals surface area contributed by atoms with Crippen LogP contribution < -0.4 is 5.32 Å². The van der Waals surface area contributed by atoms with Crippen molar-refractivity contribution in [2.45, 2.75) is 18.9 Å². The van der Waals surface area contributed by atoms with Gasteiger partial charge in [0.2, 0.25) is 0 Å². The maximum atomic E-state index is 12.9. The average molecular weight is 381 g/mol. The van der Waals surface area contributed by atoms with Gasteiger partial charge in [-0.05, 0) is 17.7 Å². The number of aromatic nitrogens is 2. The number of nitrogens with zero attached hydrogens (tertiary/aromatic N) is 2. The number of carbonyl (C=O) groups is 2. The largest absolute Gasteiger partial charge is 0.478 e. The van der Waals surface area contributed by atoms with Gasteiger partial charge >= 0.3 is 24.2 Å². The van der Waals surface area contributed by atoms with Crippen molar-refractivity contribution >= 4 is 17.6 Å². The first-order valence-corrected chi connectivity index (χ1v) is 6.73. The van der Waals surface area contributed by atoms with Crippen LogP contribution in [0.5, 0.6) is 0 Å². The molecule has 1 aromatic carbocycles. The molecule has 0 spiro atoms. The molecule has 0 fully saturated rings. The van der Waals surface area contributed by atoms with E-state index in [0.29, 0.717) is 16.4 Å². The summed E-state index contributed by atoms with van der Waals surface area (Å²) in [6, 6.07) is 5.04. The van der Waals surface area contributed by atoms with E-state index in [2.05, 4.69) is 5.10 Å². The van der Waals surface area contributed by atoms with Crippen LogP contribution in [0, 0.1) is 0 Å². The number of aromatic carboxylic acids is 1. The molecular weight excluding hydrogens is 372 g/mol. The lowest BCUT2D eigenvalue weighted by molar-refractivity contribution is -0.167. The molecule has 0 saturated heterocycles. The van der Waals surface area contributed by atoms with E-state index in [1.165, 1.54) is 24.3 Å². The fourth-order valence-corrected chi connectivity index (χ4v) is 1.94. The Kier molecular flexibility index (Phi) is 4.96. The molecule has 0 aliphatic rings. The van der Waals surface area contributed by atoms with Gasteiger partial charge in [0.25, 0.3) is 0 Å². The summed E-state index contributed by atoms with van der Waals surface area (Å²) in [5.74, 6) is -3.76. The molecule has 26 heavy (non-hydrogen) atoms. The van der Waals surface area contributed by atoms with E-state index < -0.39 is 35.6 Å². The van der Waals surface area contributed by atoms with Crippen molar-refractivity contribution in [3.8, 4) is 0 Å². The highest BCUT2D eigenvalue weighted by Crippen LogP contribution is 2.34. The van der Waals surface area contributed by atoms with Crippen LogP contribution in [0.1, 0.15) is 21.6 Å². The standard InChI is InChI=1S/C14H9F6N3O3/c15-13(16,17)10-9(21-12(26)14(18,19)20)6-23(22-10)5-7-1-3-8(4-2-7)11(24)25/h1-4,6H,5H2,(H,21,26)(H,24,25). The maximum absolute atomic E-state index is 12.9. The Morgan fingerprint density at radius 3 is 2.12 bits per heavy atom. The number of amides is 1. The van der Waals surface area contributed by atoms with Crippen molar-refractivity contribution in [3.63, 3.8) is 0 Å². The van der Waals surface area contributed by atoms with Crippen LogP contribution >= 0.6 is 0 Å². The minimum atomic E-state index is -5.36. The Morgan fingerprint density at radius 2 is 1.65 bits per heavy atom. The van der Waals surface area contributed by atoms with Crippen LogP contribution in [0.2, 0.25) is 0 Å². The number of nitrogens with one attached hydrogen (secondary N) is 1. The maximum Gasteiger partial charge on any atom is 0.471 e. The first kappa shape index (κ1) is 19.3. The summed E-state index contributed by atoms with van der Waals surface area (Å²) in [6.45, 7) is -0.287. The second kappa shape index (κ2) is 6.69. The second-order valence-corrected chi connectivity index (χ2v) is 5.04. The molecule has 12 heteroatoms. The molecule has 0 radical (unpaired) electrons. The number of alkyl halides is 6. The number of carbonyl (C=O) groups excluding carboxylic acids is 1. The Bertz CT molecular complexity index is 824. The number of hydrogen-bond acceptors (Lipinski definition) is 3. The number of carboxylic acids is 1. The molecule has 0 unspecified atom stereocenters. The van der Waals surface area contributed by atoms with Crippen LogP contribution in [-0.4, -0.2) is 32.9 Å². The van der Waals surface area contributed by atoms with Gasteiger partial charge in [0.05, 0.1) is 17.8 Å². The highest BCUT2D eigenvalue weighted by atomic mass is 19.4. The van der Waals surface area contributed by atoms with E-state index in [0.717, 1.165) is 5.32 Å². The fraction of sp³-hybridized carbons (Fsp3) is 0.214. The quantitative estimate of drug-likeness (QED) is 0.797. The normalized spacial score (nSPS) is 12.1. The molecule has 1 heterocycles. The van der Waals surface area contributed by atoms with E-state index in [1.54, 1.807) is 0 Å². The molecule has 0 saturated carbocycles. The predicted octanol–water partition coefficient (Wildman–Crippen LogP) is 3.15. The van der Waals surface area contributed by atoms with Gasteiger partial charge in [-0.2, -0.15) is 31.4 Å². The van der Waals surface area contributed by atoms with Crippen LogP contribution in [0.25, 0.3) is 0 Å². The second-order valence-electron chi connectivity index (χ2n) is 5.04. The molecule has 6 nitrogen and oxygen atoms in total. The van der Waals surface area contributed by atoms with Gasteiger partial charge in [-0.15, -0.1) is 0 Å². The van der Waals surface area contributed by atoms with E-state index in [4.69, 9.17) is 5.11 Å². The lowest BCUT2D eigenvalue weighted by Crippen LogP contribution is -2.30. The highest BCUT2D eigenvalue weighted by molar-refractivity contribution is 5.95. The lowest BCUT2D eigenvalue weighted by atomic mass is 10.1. The summed E-state index contributed by atoms with van der Waals surface area (Å²) in [5.41, 5.74) is -2.53. The molecule has 0 atom stereocenters. The lowest BCUT2D eigenvalue weighted by Gasteiger charge is -2.09. The van der Waals surface area contributed by atoms with Crippen LogP contribution in [-0.2, 0) is 17.5 Å². The number of rotatable bonds is 4. The Morgan fingerprint density at radius 1 is 1.08 bits per heavy atom. The summed E-state index contributed by atoms with van der Waals surface area (Å²) < 4.78 is 76.2. The smallest absolute Gasteiger partial charge is 0.471 e. The van der Waals surface area contributed by atoms with Crippen molar-refractivity contribution in [2.75, 3.05) is 5.32 Å². The van der Waals surface area contributed by atoms with Gasteiger partial charge in [-0.3, -0.25) is 9.48 Å². The summed E-state index contributed by atoms with van der Waals surface area (Å²) >= 11 is 0. The van der Waals surface area contributed by atoms with Gasteiger partial charge in [-0.1, -0.05) is 12.1 Å². The number of benzene rings is 1. The topological polar surface area (TPSA) is 84.2 Å². The third-order valence-electron chi connectivity index (χ3n) is 3.08. The zero-order valence-electron chi connectivity index (χ0n) is 12.5. The summed E-state index contributed by atoms with van der Waals surface area (Å²) in [6.07, 6.45) is -9.85.